The van der Waals surface area contributed by atoms with E-state index >= 15 is 0 Å². The third-order valence-electron chi connectivity index (χ3n) is 4.67. The van der Waals surface area contributed by atoms with Gasteiger partial charge in [0.25, 0.3) is 0 Å². The van der Waals surface area contributed by atoms with Gasteiger partial charge in [0.05, 0.1) is 25.2 Å². The van der Waals surface area contributed by atoms with Crippen molar-refractivity contribution in [3.63, 3.8) is 0 Å². The summed E-state index contributed by atoms with van der Waals surface area (Å²) in [5, 5.41) is 10.1. The second kappa shape index (κ2) is 6.66. The van der Waals surface area contributed by atoms with Gasteiger partial charge in [0.15, 0.2) is 5.65 Å². The third-order valence-corrected chi connectivity index (χ3v) is 4.67. The zero-order valence-corrected chi connectivity index (χ0v) is 15.2. The van der Waals surface area contributed by atoms with Crippen LogP contribution in [-0.4, -0.2) is 26.7 Å². The standard InChI is InChI=1S/C22H17N5O/c1-28-21-10-9-16(13-23-21)25-20-11-12-27-22(26-20)19(14-24-27)18-8-4-6-15-5-2-3-7-17(15)18/h2-14H,1H3,(H,25,26). The largest absolute Gasteiger partial charge is 0.481 e. The zero-order chi connectivity index (χ0) is 18.9. The van der Waals surface area contributed by atoms with Gasteiger partial charge in [0.1, 0.15) is 5.82 Å². The number of nitrogens with one attached hydrogen (secondary N) is 1. The predicted octanol–water partition coefficient (Wildman–Crippen LogP) is 4.70. The maximum atomic E-state index is 5.10. The first-order valence-electron chi connectivity index (χ1n) is 8.91. The first-order valence-corrected chi connectivity index (χ1v) is 8.91. The number of fused-ring (bicyclic) bond motifs is 2. The lowest BCUT2D eigenvalue weighted by atomic mass is 10.0. The molecule has 0 saturated carbocycles. The van der Waals surface area contributed by atoms with E-state index in [4.69, 9.17) is 9.72 Å². The highest BCUT2D eigenvalue weighted by molar-refractivity contribution is 5.99. The average Bonchev–Trinajstić information content (AvgIpc) is 3.17. The number of benzene rings is 2. The van der Waals surface area contributed by atoms with Gasteiger partial charge in [-0.2, -0.15) is 5.10 Å². The molecule has 3 aromatic heterocycles. The highest BCUT2D eigenvalue weighted by atomic mass is 16.5. The molecule has 0 radical (unpaired) electrons. The average molecular weight is 367 g/mol. The second-order valence-electron chi connectivity index (χ2n) is 6.38. The van der Waals surface area contributed by atoms with Crippen molar-refractivity contribution < 1.29 is 4.74 Å². The summed E-state index contributed by atoms with van der Waals surface area (Å²) in [6.07, 6.45) is 5.48. The van der Waals surface area contributed by atoms with E-state index in [9.17, 15) is 0 Å². The third kappa shape index (κ3) is 2.81. The summed E-state index contributed by atoms with van der Waals surface area (Å²) in [7, 11) is 1.60. The van der Waals surface area contributed by atoms with Crippen LogP contribution < -0.4 is 10.1 Å². The molecular formula is C22H17N5O. The first-order chi connectivity index (χ1) is 13.8. The molecule has 6 heteroatoms. The van der Waals surface area contributed by atoms with Crippen LogP contribution in [0.15, 0.2) is 79.3 Å². The minimum Gasteiger partial charge on any atom is -0.481 e. The Kier molecular flexibility index (Phi) is 3.87. The molecule has 3 heterocycles. The summed E-state index contributed by atoms with van der Waals surface area (Å²) < 4.78 is 6.89. The fraction of sp³-hybridized carbons (Fsp3) is 0.0455. The molecular weight excluding hydrogens is 350 g/mol. The molecule has 1 N–H and O–H groups in total. The molecule has 6 nitrogen and oxygen atoms in total. The summed E-state index contributed by atoms with van der Waals surface area (Å²) in [6, 6.07) is 20.2. The Morgan fingerprint density at radius 1 is 0.893 bits per heavy atom. The van der Waals surface area contributed by atoms with Crippen molar-refractivity contribution in [2.24, 2.45) is 0 Å². The number of aromatic nitrogens is 4. The first kappa shape index (κ1) is 16.3. The summed E-state index contributed by atoms with van der Waals surface area (Å²) in [6.45, 7) is 0. The van der Waals surface area contributed by atoms with Crippen molar-refractivity contribution in [3.8, 4) is 17.0 Å². The predicted molar refractivity (Wildman–Crippen MR) is 110 cm³/mol. The van der Waals surface area contributed by atoms with Crippen LogP contribution >= 0.6 is 0 Å². The summed E-state index contributed by atoms with van der Waals surface area (Å²) >= 11 is 0. The van der Waals surface area contributed by atoms with E-state index in [1.807, 2.05) is 30.6 Å². The number of methoxy groups -OCH3 is 1. The molecule has 0 aliphatic rings. The molecule has 0 spiro atoms. The van der Waals surface area contributed by atoms with Crippen LogP contribution in [0.5, 0.6) is 5.88 Å². The van der Waals surface area contributed by atoms with Gasteiger partial charge in [0.2, 0.25) is 5.88 Å². The Morgan fingerprint density at radius 3 is 2.64 bits per heavy atom. The number of nitrogens with zero attached hydrogens (tertiary/aromatic N) is 4. The Balaban J connectivity index is 1.58. The molecule has 5 aromatic rings. The van der Waals surface area contributed by atoms with Crippen molar-refractivity contribution in [3.05, 3.63) is 79.3 Å². The van der Waals surface area contributed by atoms with Gasteiger partial charge in [-0.15, -0.1) is 0 Å². The minimum absolute atomic E-state index is 0.572. The zero-order valence-electron chi connectivity index (χ0n) is 15.2. The molecule has 2 aromatic carbocycles. The second-order valence-corrected chi connectivity index (χ2v) is 6.38. The number of pyridine rings is 1. The van der Waals surface area contributed by atoms with Gasteiger partial charge in [-0.25, -0.2) is 14.5 Å². The van der Waals surface area contributed by atoms with Crippen molar-refractivity contribution in [2.75, 3.05) is 12.4 Å². The van der Waals surface area contributed by atoms with Gasteiger partial charge < -0.3 is 10.1 Å². The number of ether oxygens (including phenoxy) is 1. The van der Waals surface area contributed by atoms with E-state index in [0.29, 0.717) is 5.88 Å². The molecule has 5 rings (SSSR count). The Morgan fingerprint density at radius 2 is 1.79 bits per heavy atom. The Labute approximate surface area is 161 Å². The quantitative estimate of drug-likeness (QED) is 0.499. The fourth-order valence-corrected chi connectivity index (χ4v) is 3.31. The number of rotatable bonds is 4. The van der Waals surface area contributed by atoms with E-state index in [1.165, 1.54) is 10.8 Å². The molecule has 0 atom stereocenters. The lowest BCUT2D eigenvalue weighted by Crippen LogP contribution is -1.98. The van der Waals surface area contributed by atoms with Crippen LogP contribution in [-0.2, 0) is 0 Å². The van der Waals surface area contributed by atoms with Gasteiger partial charge >= 0.3 is 0 Å². The summed E-state index contributed by atoms with van der Waals surface area (Å²) in [5.74, 6) is 1.30. The minimum atomic E-state index is 0.572. The van der Waals surface area contributed by atoms with E-state index in [2.05, 4.69) is 51.8 Å². The van der Waals surface area contributed by atoms with E-state index in [-0.39, 0.29) is 0 Å². The lowest BCUT2D eigenvalue weighted by Gasteiger charge is -2.08. The van der Waals surface area contributed by atoms with Crippen LogP contribution in [0, 0.1) is 0 Å². The summed E-state index contributed by atoms with van der Waals surface area (Å²) in [4.78, 5) is 9.00. The van der Waals surface area contributed by atoms with Crippen LogP contribution in [0.4, 0.5) is 11.5 Å². The number of hydrogen-bond donors (Lipinski definition) is 1. The molecule has 0 fully saturated rings. The van der Waals surface area contributed by atoms with Gasteiger partial charge in [-0.1, -0.05) is 42.5 Å². The normalized spacial score (nSPS) is 11.0. The van der Waals surface area contributed by atoms with Gasteiger partial charge in [0, 0.05) is 17.8 Å². The molecule has 0 aliphatic heterocycles. The molecule has 0 aliphatic carbocycles. The van der Waals surface area contributed by atoms with Crippen LogP contribution in [0.25, 0.3) is 27.5 Å². The monoisotopic (exact) mass is 367 g/mol. The molecule has 0 amide bonds. The number of hydrogen-bond acceptors (Lipinski definition) is 5. The summed E-state index contributed by atoms with van der Waals surface area (Å²) in [5.41, 5.74) is 3.74. The SMILES string of the molecule is COc1ccc(Nc2ccn3ncc(-c4cccc5ccccc45)c3n2)cn1. The van der Waals surface area contributed by atoms with E-state index in [1.54, 1.807) is 23.9 Å². The van der Waals surface area contributed by atoms with Crippen molar-refractivity contribution in [1.29, 1.82) is 0 Å². The molecule has 0 unspecified atom stereocenters. The molecule has 0 bridgehead atoms. The van der Waals surface area contributed by atoms with Crippen molar-refractivity contribution >= 4 is 27.9 Å². The fourth-order valence-electron chi connectivity index (χ4n) is 3.31. The van der Waals surface area contributed by atoms with Crippen molar-refractivity contribution in [2.45, 2.75) is 0 Å². The van der Waals surface area contributed by atoms with Crippen molar-refractivity contribution in [1.82, 2.24) is 19.6 Å². The van der Waals surface area contributed by atoms with Crippen LogP contribution in [0.3, 0.4) is 0 Å². The van der Waals surface area contributed by atoms with Gasteiger partial charge in [-0.3, -0.25) is 0 Å². The topological polar surface area (TPSA) is 64.3 Å². The van der Waals surface area contributed by atoms with E-state index in [0.717, 1.165) is 28.3 Å². The smallest absolute Gasteiger partial charge is 0.213 e. The Hall–Kier alpha value is -3.93. The Bertz CT molecular complexity index is 1270. The maximum absolute atomic E-state index is 5.10. The highest BCUT2D eigenvalue weighted by Crippen LogP contribution is 2.31. The van der Waals surface area contributed by atoms with Crippen LogP contribution in [0.2, 0.25) is 0 Å². The lowest BCUT2D eigenvalue weighted by molar-refractivity contribution is 0.398. The highest BCUT2D eigenvalue weighted by Gasteiger charge is 2.12. The number of anilines is 2. The maximum Gasteiger partial charge on any atom is 0.213 e. The van der Waals surface area contributed by atoms with Gasteiger partial charge in [-0.05, 0) is 28.5 Å². The van der Waals surface area contributed by atoms with E-state index < -0.39 is 0 Å². The molecule has 28 heavy (non-hydrogen) atoms. The molecule has 0 saturated heterocycles. The van der Waals surface area contributed by atoms with Crippen LogP contribution in [0.1, 0.15) is 0 Å². The molecule has 136 valence electrons.